The highest BCUT2D eigenvalue weighted by Crippen LogP contribution is 2.37. The summed E-state index contributed by atoms with van der Waals surface area (Å²) in [4.78, 5) is 28.3. The average molecular weight is 372 g/mol. The van der Waals surface area contributed by atoms with Crippen molar-refractivity contribution in [2.75, 3.05) is 35.8 Å². The Morgan fingerprint density at radius 2 is 1.36 bits per heavy atom. The first-order valence-corrected chi connectivity index (χ1v) is 8.83. The summed E-state index contributed by atoms with van der Waals surface area (Å²) >= 11 is 0. The molecule has 4 rings (SSSR count). The topological polar surface area (TPSA) is 101 Å². The van der Waals surface area contributed by atoms with Crippen molar-refractivity contribution in [2.24, 2.45) is 0 Å². The molecule has 0 fully saturated rings. The van der Waals surface area contributed by atoms with Crippen LogP contribution >= 0.6 is 0 Å². The maximum atomic E-state index is 13.2. The number of nitrogen functional groups attached to an aromatic ring is 2. The average Bonchev–Trinajstić information content (AvgIpc) is 2.68. The van der Waals surface area contributed by atoms with Gasteiger partial charge in [-0.3, -0.25) is 9.59 Å². The highest BCUT2D eigenvalue weighted by Gasteiger charge is 2.34. The van der Waals surface area contributed by atoms with Crippen molar-refractivity contribution in [1.82, 2.24) is 0 Å². The second-order valence-electron chi connectivity index (χ2n) is 6.95. The second kappa shape index (κ2) is 6.42. The molecule has 0 bridgehead atoms. The van der Waals surface area contributed by atoms with E-state index >= 15 is 0 Å². The molecule has 0 heterocycles. The minimum absolute atomic E-state index is 0.176. The number of benzene rings is 3. The molecule has 28 heavy (non-hydrogen) atoms. The molecular weight excluding hydrogens is 352 g/mol. The second-order valence-corrected chi connectivity index (χ2v) is 6.95. The lowest BCUT2D eigenvalue weighted by atomic mass is 9.81. The van der Waals surface area contributed by atoms with Crippen molar-refractivity contribution in [3.8, 4) is 0 Å². The number of nitrogens with one attached hydrogen (secondary N) is 1. The number of hydrogen-bond acceptors (Lipinski definition) is 6. The molecule has 1 aliphatic carbocycles. The van der Waals surface area contributed by atoms with Crippen LogP contribution in [0.15, 0.2) is 54.6 Å². The molecule has 6 nitrogen and oxygen atoms in total. The van der Waals surface area contributed by atoms with E-state index in [0.717, 1.165) is 11.4 Å². The molecule has 3 aromatic rings. The van der Waals surface area contributed by atoms with E-state index in [0.29, 0.717) is 16.8 Å². The highest BCUT2D eigenvalue weighted by atomic mass is 16.1. The Morgan fingerprint density at radius 3 is 1.96 bits per heavy atom. The summed E-state index contributed by atoms with van der Waals surface area (Å²) in [6.07, 6.45) is 0. The normalized spacial score (nSPS) is 12.4. The summed E-state index contributed by atoms with van der Waals surface area (Å²) in [5.74, 6) is -0.594. The summed E-state index contributed by atoms with van der Waals surface area (Å²) in [5, 5.41) is 3.25. The van der Waals surface area contributed by atoms with E-state index in [1.165, 1.54) is 0 Å². The molecule has 0 unspecified atom stereocenters. The molecule has 3 aromatic carbocycles. The van der Waals surface area contributed by atoms with Crippen LogP contribution in [0.5, 0.6) is 0 Å². The van der Waals surface area contributed by atoms with E-state index in [1.807, 2.05) is 43.3 Å². The number of nitrogens with zero attached hydrogens (tertiary/aromatic N) is 1. The van der Waals surface area contributed by atoms with Crippen LogP contribution in [0.1, 0.15) is 31.8 Å². The maximum absolute atomic E-state index is 13.2. The van der Waals surface area contributed by atoms with Crippen LogP contribution in [-0.2, 0) is 0 Å². The third-order valence-corrected chi connectivity index (χ3v) is 4.92. The van der Waals surface area contributed by atoms with E-state index in [2.05, 4.69) is 5.32 Å². The Balaban J connectivity index is 1.81. The van der Waals surface area contributed by atoms with Crippen molar-refractivity contribution in [3.05, 3.63) is 76.9 Å². The lowest BCUT2D eigenvalue weighted by Crippen LogP contribution is -2.24. The molecule has 0 amide bonds. The molecule has 0 saturated carbocycles. The van der Waals surface area contributed by atoms with Crippen molar-refractivity contribution >= 4 is 40.0 Å². The highest BCUT2D eigenvalue weighted by molar-refractivity contribution is 6.33. The van der Waals surface area contributed by atoms with E-state index in [4.69, 9.17) is 11.5 Å². The van der Waals surface area contributed by atoms with Crippen LogP contribution in [0, 0.1) is 0 Å². The largest absolute Gasteiger partial charge is 0.398 e. The first-order chi connectivity index (χ1) is 13.4. The van der Waals surface area contributed by atoms with Crippen LogP contribution in [0.25, 0.3) is 0 Å². The van der Waals surface area contributed by atoms with Gasteiger partial charge in [0.05, 0.1) is 22.4 Å². The summed E-state index contributed by atoms with van der Waals surface area (Å²) in [6, 6.07) is 16.1. The molecule has 0 atom stereocenters. The van der Waals surface area contributed by atoms with Gasteiger partial charge >= 0.3 is 0 Å². The SMILES string of the molecule is CN(C)c1ccc(Nc2cccc3c2C(=O)c2c(N)ccc(N)c2C3=O)cc1. The minimum Gasteiger partial charge on any atom is -0.398 e. The van der Waals surface area contributed by atoms with Crippen LogP contribution in [0.4, 0.5) is 28.4 Å². The number of ketones is 2. The number of nitrogens with two attached hydrogens (primary N) is 2. The molecule has 1 aliphatic rings. The van der Waals surface area contributed by atoms with Gasteiger partial charge in [-0.05, 0) is 42.5 Å². The lowest BCUT2D eigenvalue weighted by Gasteiger charge is -2.23. The van der Waals surface area contributed by atoms with Gasteiger partial charge in [0.15, 0.2) is 11.6 Å². The molecule has 0 aliphatic heterocycles. The van der Waals surface area contributed by atoms with E-state index < -0.39 is 0 Å². The molecule has 5 N–H and O–H groups in total. The third kappa shape index (κ3) is 2.66. The maximum Gasteiger partial charge on any atom is 0.198 e. The lowest BCUT2D eigenvalue weighted by molar-refractivity contribution is 0.0981. The van der Waals surface area contributed by atoms with E-state index in [-0.39, 0.29) is 34.1 Å². The Kier molecular flexibility index (Phi) is 4.04. The van der Waals surface area contributed by atoms with Crippen LogP contribution in [-0.4, -0.2) is 25.7 Å². The summed E-state index contributed by atoms with van der Waals surface area (Å²) in [5.41, 5.74) is 15.9. The molecular formula is C22H20N4O2. The quantitative estimate of drug-likeness (QED) is 0.476. The Hall–Kier alpha value is -3.80. The smallest absolute Gasteiger partial charge is 0.198 e. The summed E-state index contributed by atoms with van der Waals surface area (Å²) < 4.78 is 0. The van der Waals surface area contributed by atoms with Gasteiger partial charge in [0.25, 0.3) is 0 Å². The number of anilines is 5. The molecule has 0 radical (unpaired) electrons. The van der Waals surface area contributed by atoms with E-state index in [1.54, 1.807) is 30.3 Å². The first kappa shape index (κ1) is 17.6. The predicted molar refractivity (Wildman–Crippen MR) is 113 cm³/mol. The van der Waals surface area contributed by atoms with Crippen molar-refractivity contribution in [1.29, 1.82) is 0 Å². The molecule has 0 spiro atoms. The van der Waals surface area contributed by atoms with Gasteiger partial charge in [0.1, 0.15) is 0 Å². The molecule has 0 aromatic heterocycles. The fourth-order valence-electron chi connectivity index (χ4n) is 3.47. The van der Waals surface area contributed by atoms with Gasteiger partial charge in [0.2, 0.25) is 0 Å². The fraction of sp³-hybridized carbons (Fsp3) is 0.0909. The molecule has 0 saturated heterocycles. The van der Waals surface area contributed by atoms with Crippen LogP contribution < -0.4 is 21.7 Å². The van der Waals surface area contributed by atoms with E-state index in [9.17, 15) is 9.59 Å². The Morgan fingerprint density at radius 1 is 0.750 bits per heavy atom. The van der Waals surface area contributed by atoms with Crippen LogP contribution in [0.2, 0.25) is 0 Å². The summed E-state index contributed by atoms with van der Waals surface area (Å²) in [7, 11) is 3.93. The molecule has 6 heteroatoms. The number of carbonyl (C=O) groups excluding carboxylic acids is 2. The monoisotopic (exact) mass is 372 g/mol. The Labute approximate surface area is 162 Å². The summed E-state index contributed by atoms with van der Waals surface area (Å²) in [6.45, 7) is 0. The van der Waals surface area contributed by atoms with Gasteiger partial charge in [-0.15, -0.1) is 0 Å². The van der Waals surface area contributed by atoms with Crippen molar-refractivity contribution in [2.45, 2.75) is 0 Å². The molecule has 140 valence electrons. The fourth-order valence-corrected chi connectivity index (χ4v) is 3.47. The predicted octanol–water partition coefficient (Wildman–Crippen LogP) is 3.44. The van der Waals surface area contributed by atoms with Gasteiger partial charge in [-0.2, -0.15) is 0 Å². The zero-order valence-electron chi connectivity index (χ0n) is 15.6. The van der Waals surface area contributed by atoms with Gasteiger partial charge in [-0.25, -0.2) is 0 Å². The van der Waals surface area contributed by atoms with Crippen molar-refractivity contribution in [3.63, 3.8) is 0 Å². The zero-order chi connectivity index (χ0) is 20.0. The number of fused-ring (bicyclic) bond motifs is 2. The van der Waals surface area contributed by atoms with Gasteiger partial charge < -0.3 is 21.7 Å². The number of hydrogen-bond donors (Lipinski definition) is 3. The third-order valence-electron chi connectivity index (χ3n) is 4.92. The van der Waals surface area contributed by atoms with Crippen LogP contribution in [0.3, 0.4) is 0 Å². The van der Waals surface area contributed by atoms with Gasteiger partial charge in [0, 0.05) is 42.4 Å². The van der Waals surface area contributed by atoms with Crippen molar-refractivity contribution < 1.29 is 9.59 Å². The van der Waals surface area contributed by atoms with Gasteiger partial charge in [-0.1, -0.05) is 12.1 Å². The standard InChI is InChI=1S/C22H20N4O2/c1-26(2)13-8-6-12(7-9-13)25-17-5-3-4-14-18(17)22(28)20-16(24)11-10-15(23)19(20)21(14)27/h3-11,25H,23-24H2,1-2H3. The first-order valence-electron chi connectivity index (χ1n) is 8.83. The minimum atomic E-state index is -0.303. The number of carbonyl (C=O) groups is 2. The zero-order valence-corrected chi connectivity index (χ0v) is 15.6. The number of rotatable bonds is 3. The Bertz CT molecular complexity index is 1120.